The van der Waals surface area contributed by atoms with Crippen molar-refractivity contribution in [1.82, 2.24) is 0 Å². The summed E-state index contributed by atoms with van der Waals surface area (Å²) in [6, 6.07) is 0. The summed E-state index contributed by atoms with van der Waals surface area (Å²) < 4.78 is 0. The van der Waals surface area contributed by atoms with Crippen molar-refractivity contribution in [3.8, 4) is 0 Å². The normalized spacial score (nSPS) is 9.39. The molecule has 0 aromatic carbocycles. The minimum Gasteiger partial charge on any atom is -1.00 e. The standard InChI is InChI=1S/C4H6O5.C3H4O4.2Na.2H/c5-2(4(8)9)1-3(6)7;4-2(5)1-3(6)7;;;;/h2,5H,1H2,(H,6,7)(H,8,9);1H2,(H,4,5)(H,6,7);;;;/q;;2*+1;2*-1. The first-order valence-corrected chi connectivity index (χ1v) is 3.73. The second-order valence-corrected chi connectivity index (χ2v) is 2.42. The van der Waals surface area contributed by atoms with Crippen LogP contribution in [-0.2, 0) is 19.2 Å². The van der Waals surface area contributed by atoms with Crippen LogP contribution in [0, 0.1) is 0 Å². The van der Waals surface area contributed by atoms with Crippen LogP contribution in [0.5, 0.6) is 0 Å². The number of rotatable bonds is 5. The monoisotopic (exact) mass is 286 g/mol. The molecule has 1 unspecified atom stereocenters. The van der Waals surface area contributed by atoms with E-state index in [9.17, 15) is 19.2 Å². The van der Waals surface area contributed by atoms with E-state index in [0.29, 0.717) is 0 Å². The molecule has 0 amide bonds. The molecule has 0 saturated heterocycles. The first-order valence-electron chi connectivity index (χ1n) is 3.73. The molecule has 0 radical (unpaired) electrons. The number of hydrogen-bond donors (Lipinski definition) is 5. The van der Waals surface area contributed by atoms with Crippen molar-refractivity contribution in [1.29, 1.82) is 0 Å². The largest absolute Gasteiger partial charge is 1.00 e. The van der Waals surface area contributed by atoms with E-state index >= 15 is 0 Å². The van der Waals surface area contributed by atoms with E-state index in [1.165, 1.54) is 0 Å². The van der Waals surface area contributed by atoms with Crippen molar-refractivity contribution in [3.05, 3.63) is 0 Å². The first kappa shape index (κ1) is 26.4. The first-order chi connectivity index (χ1) is 7.16. The summed E-state index contributed by atoms with van der Waals surface area (Å²) in [5, 5.41) is 39.5. The van der Waals surface area contributed by atoms with Crippen LogP contribution < -0.4 is 59.1 Å². The van der Waals surface area contributed by atoms with Gasteiger partial charge in [0.2, 0.25) is 0 Å². The second-order valence-electron chi connectivity index (χ2n) is 2.42. The van der Waals surface area contributed by atoms with Crippen LogP contribution in [0.15, 0.2) is 0 Å². The van der Waals surface area contributed by atoms with Crippen molar-refractivity contribution in [3.63, 3.8) is 0 Å². The molecule has 9 nitrogen and oxygen atoms in total. The number of aliphatic carboxylic acids is 4. The Hall–Kier alpha value is -0.160. The van der Waals surface area contributed by atoms with Crippen LogP contribution in [0.3, 0.4) is 0 Å². The van der Waals surface area contributed by atoms with Gasteiger partial charge in [0.15, 0.2) is 6.10 Å². The third kappa shape index (κ3) is 24.9. The number of carboxylic acid groups (broad SMARTS) is 4. The molecule has 0 rings (SSSR count). The molecule has 1 atom stereocenters. The molecule has 0 saturated carbocycles. The van der Waals surface area contributed by atoms with Gasteiger partial charge in [-0.3, -0.25) is 14.4 Å². The van der Waals surface area contributed by atoms with Crippen LogP contribution in [0.25, 0.3) is 0 Å². The predicted octanol–water partition coefficient (Wildman–Crippen LogP) is -7.31. The molecule has 0 aromatic heterocycles. The number of hydrogen-bond acceptors (Lipinski definition) is 5. The van der Waals surface area contributed by atoms with Crippen LogP contribution >= 0.6 is 0 Å². The van der Waals surface area contributed by atoms with Crippen LogP contribution in [0.4, 0.5) is 0 Å². The Bertz CT molecular complexity index is 288. The molecular weight excluding hydrogens is 274 g/mol. The Morgan fingerprint density at radius 1 is 0.833 bits per heavy atom. The average Bonchev–Trinajstić information content (AvgIpc) is 2.00. The molecule has 0 aliphatic rings. The third-order valence-electron chi connectivity index (χ3n) is 0.955. The van der Waals surface area contributed by atoms with Gasteiger partial charge < -0.3 is 28.4 Å². The molecule has 0 spiro atoms. The van der Waals surface area contributed by atoms with Gasteiger partial charge in [-0.2, -0.15) is 0 Å². The molecule has 0 aliphatic carbocycles. The Morgan fingerprint density at radius 2 is 1.17 bits per heavy atom. The van der Waals surface area contributed by atoms with Gasteiger partial charge in [0.1, 0.15) is 6.42 Å². The van der Waals surface area contributed by atoms with E-state index in [1.807, 2.05) is 0 Å². The predicted molar refractivity (Wildman–Crippen MR) is 48.0 cm³/mol. The van der Waals surface area contributed by atoms with Gasteiger partial charge in [-0.25, -0.2) is 4.79 Å². The molecule has 18 heavy (non-hydrogen) atoms. The summed E-state index contributed by atoms with van der Waals surface area (Å²) in [4.78, 5) is 38.3. The van der Waals surface area contributed by atoms with Crippen molar-refractivity contribution in [2.75, 3.05) is 0 Å². The van der Waals surface area contributed by atoms with Crippen LogP contribution in [0.2, 0.25) is 0 Å². The second kappa shape index (κ2) is 14.9. The fraction of sp³-hybridized carbons (Fsp3) is 0.429. The molecule has 5 N–H and O–H groups in total. The minimum absolute atomic E-state index is 0. The molecule has 0 bridgehead atoms. The third-order valence-corrected chi connectivity index (χ3v) is 0.955. The van der Waals surface area contributed by atoms with Gasteiger partial charge in [0.05, 0.1) is 6.42 Å². The molecule has 96 valence electrons. The Balaban J connectivity index is -0.0000000416. The van der Waals surface area contributed by atoms with Crippen LogP contribution in [0.1, 0.15) is 15.7 Å². The summed E-state index contributed by atoms with van der Waals surface area (Å²) in [5.41, 5.74) is 0. The van der Waals surface area contributed by atoms with Crippen molar-refractivity contribution < 1.29 is 107 Å². The zero-order chi connectivity index (χ0) is 13.3. The molecule has 0 heterocycles. The quantitative estimate of drug-likeness (QED) is 0.243. The molecule has 0 fully saturated rings. The minimum atomic E-state index is -1.79. The SMILES string of the molecule is O=C(O)CC(=O)O.O=C(O)CC(O)C(=O)O.[H-].[H-].[Na+].[Na+]. The number of carbonyl (C=O) groups is 4. The van der Waals surface area contributed by atoms with E-state index in [2.05, 4.69) is 0 Å². The van der Waals surface area contributed by atoms with Gasteiger partial charge >= 0.3 is 83.0 Å². The van der Waals surface area contributed by atoms with E-state index < -0.39 is 42.8 Å². The number of aliphatic hydroxyl groups is 1. The molecule has 11 heteroatoms. The van der Waals surface area contributed by atoms with Crippen molar-refractivity contribution in [2.45, 2.75) is 18.9 Å². The summed E-state index contributed by atoms with van der Waals surface area (Å²) in [6.45, 7) is 0. The number of aliphatic hydroxyl groups excluding tert-OH is 1. The van der Waals surface area contributed by atoms with Crippen molar-refractivity contribution in [2.24, 2.45) is 0 Å². The van der Waals surface area contributed by atoms with Crippen LogP contribution in [-0.4, -0.2) is 55.5 Å². The topological polar surface area (TPSA) is 169 Å². The Kier molecular flexibility index (Phi) is 21.9. The maximum Gasteiger partial charge on any atom is 1.00 e. The average molecular weight is 286 g/mol. The fourth-order valence-corrected chi connectivity index (χ4v) is 0.382. The van der Waals surface area contributed by atoms with E-state index in [0.717, 1.165) is 0 Å². The maximum atomic E-state index is 9.72. The molecular formula is C7H12Na2O9. The number of carboxylic acids is 4. The van der Waals surface area contributed by atoms with E-state index in [1.54, 1.807) is 0 Å². The van der Waals surface area contributed by atoms with Gasteiger partial charge in [0.25, 0.3) is 0 Å². The van der Waals surface area contributed by atoms with Gasteiger partial charge in [-0.15, -0.1) is 0 Å². The van der Waals surface area contributed by atoms with Gasteiger partial charge in [-0.1, -0.05) is 0 Å². The summed E-state index contributed by atoms with van der Waals surface area (Å²) in [6.07, 6.45) is -3.35. The Morgan fingerprint density at radius 3 is 1.22 bits per heavy atom. The van der Waals surface area contributed by atoms with Crippen molar-refractivity contribution >= 4 is 23.9 Å². The van der Waals surface area contributed by atoms with E-state index in [-0.39, 0.29) is 62.0 Å². The maximum absolute atomic E-state index is 9.72. The molecule has 0 aliphatic heterocycles. The summed E-state index contributed by atoms with van der Waals surface area (Å²) in [7, 11) is 0. The van der Waals surface area contributed by atoms with Gasteiger partial charge in [-0.05, 0) is 0 Å². The zero-order valence-corrected chi connectivity index (χ0v) is 13.9. The summed E-state index contributed by atoms with van der Waals surface area (Å²) in [5.74, 6) is -5.47. The zero-order valence-electron chi connectivity index (χ0n) is 11.9. The van der Waals surface area contributed by atoms with E-state index in [4.69, 9.17) is 25.5 Å². The summed E-state index contributed by atoms with van der Waals surface area (Å²) >= 11 is 0. The Labute approximate surface area is 148 Å². The molecule has 0 aromatic rings. The smallest absolute Gasteiger partial charge is 1.00 e. The fourth-order valence-electron chi connectivity index (χ4n) is 0.382. The van der Waals surface area contributed by atoms with Gasteiger partial charge in [0, 0.05) is 0 Å².